The molecule has 0 heterocycles. The topological polar surface area (TPSA) is 35.2 Å². The summed E-state index contributed by atoms with van der Waals surface area (Å²) in [5.74, 6) is -3.14. The summed E-state index contributed by atoms with van der Waals surface area (Å²) < 4.78 is 66.9. The van der Waals surface area contributed by atoms with Crippen molar-refractivity contribution in [2.24, 2.45) is 5.73 Å². The van der Waals surface area contributed by atoms with Crippen LogP contribution in [0.25, 0.3) is 0 Å². The van der Waals surface area contributed by atoms with Crippen LogP contribution in [0.5, 0.6) is 5.75 Å². The van der Waals surface area contributed by atoms with Crippen molar-refractivity contribution in [3.63, 3.8) is 0 Å². The van der Waals surface area contributed by atoms with Crippen LogP contribution in [-0.4, -0.2) is 13.3 Å². The molecule has 1 aromatic rings. The van der Waals surface area contributed by atoms with E-state index in [2.05, 4.69) is 4.74 Å². The van der Waals surface area contributed by atoms with Crippen LogP contribution in [0.1, 0.15) is 11.6 Å². The van der Waals surface area contributed by atoms with E-state index < -0.39 is 35.2 Å². The average Bonchev–Trinajstić information content (AvgIpc) is 2.19. The van der Waals surface area contributed by atoms with Gasteiger partial charge in [0.05, 0.1) is 7.11 Å². The lowest BCUT2D eigenvalue weighted by molar-refractivity contribution is -0.149. The van der Waals surface area contributed by atoms with Crippen molar-refractivity contribution in [3.8, 4) is 5.75 Å². The van der Waals surface area contributed by atoms with E-state index in [4.69, 9.17) is 5.73 Å². The molecule has 0 aliphatic rings. The fourth-order valence-electron chi connectivity index (χ4n) is 1.14. The largest absolute Gasteiger partial charge is 0.496 e. The first kappa shape index (κ1) is 12.7. The molecule has 1 aromatic carbocycles. The quantitative estimate of drug-likeness (QED) is 0.807. The van der Waals surface area contributed by atoms with Gasteiger partial charge in [-0.05, 0) is 6.07 Å². The van der Waals surface area contributed by atoms with Gasteiger partial charge in [-0.15, -0.1) is 0 Å². The van der Waals surface area contributed by atoms with Crippen molar-refractivity contribution < 1.29 is 26.7 Å². The highest BCUT2D eigenvalue weighted by Crippen LogP contribution is 2.36. The maximum absolute atomic E-state index is 12.8. The Bertz CT molecular complexity index is 390. The highest BCUT2D eigenvalue weighted by atomic mass is 19.4. The van der Waals surface area contributed by atoms with E-state index in [0.717, 1.165) is 7.11 Å². The number of halogens is 5. The molecule has 2 nitrogen and oxygen atoms in total. The third kappa shape index (κ3) is 2.41. The minimum absolute atomic E-state index is 0.381. The Kier molecular flexibility index (Phi) is 3.37. The van der Waals surface area contributed by atoms with Crippen LogP contribution in [-0.2, 0) is 0 Å². The fourth-order valence-corrected chi connectivity index (χ4v) is 1.14. The zero-order valence-corrected chi connectivity index (χ0v) is 8.11. The summed E-state index contributed by atoms with van der Waals surface area (Å²) >= 11 is 0. The minimum Gasteiger partial charge on any atom is -0.496 e. The Hall–Kier alpha value is -1.37. The second-order valence-corrected chi connectivity index (χ2v) is 3.03. The van der Waals surface area contributed by atoms with Crippen molar-refractivity contribution >= 4 is 0 Å². The molecule has 0 fully saturated rings. The maximum Gasteiger partial charge on any atom is 0.407 e. The second-order valence-electron chi connectivity index (χ2n) is 3.03. The molecule has 1 rings (SSSR count). The number of ether oxygens (including phenoxy) is 1. The Morgan fingerprint density at radius 1 is 1.19 bits per heavy atom. The lowest BCUT2D eigenvalue weighted by Crippen LogP contribution is -2.29. The van der Waals surface area contributed by atoms with Gasteiger partial charge in [0.25, 0.3) is 0 Å². The summed E-state index contributed by atoms with van der Waals surface area (Å²) in [6.07, 6.45) is -4.75. The van der Waals surface area contributed by atoms with E-state index in [1.54, 1.807) is 0 Å². The van der Waals surface area contributed by atoms with Crippen LogP contribution in [0.4, 0.5) is 22.0 Å². The fraction of sp³-hybridized carbons (Fsp3) is 0.333. The molecule has 0 saturated heterocycles. The number of nitrogens with two attached hydrogens (primary N) is 1. The maximum atomic E-state index is 12.8. The Balaban J connectivity index is 3.27. The van der Waals surface area contributed by atoms with Crippen molar-refractivity contribution in [2.45, 2.75) is 12.2 Å². The average molecular weight is 241 g/mol. The molecule has 90 valence electrons. The van der Waals surface area contributed by atoms with Gasteiger partial charge in [0.2, 0.25) is 0 Å². The number of benzene rings is 1. The summed E-state index contributed by atoms with van der Waals surface area (Å²) in [5.41, 5.74) is 4.23. The lowest BCUT2D eigenvalue weighted by atomic mass is 10.1. The summed E-state index contributed by atoms with van der Waals surface area (Å²) in [4.78, 5) is 0. The third-order valence-corrected chi connectivity index (χ3v) is 1.96. The third-order valence-electron chi connectivity index (χ3n) is 1.96. The molecule has 0 saturated carbocycles. The number of hydrogen-bond donors (Lipinski definition) is 1. The zero-order chi connectivity index (χ0) is 12.5. The molecule has 1 atom stereocenters. The SMILES string of the molecule is COc1cc(F)c(F)cc1[C@@H](N)C(F)(F)F. The van der Waals surface area contributed by atoms with Gasteiger partial charge >= 0.3 is 6.18 Å². The zero-order valence-electron chi connectivity index (χ0n) is 8.11. The van der Waals surface area contributed by atoms with Crippen LogP contribution in [0.15, 0.2) is 12.1 Å². The van der Waals surface area contributed by atoms with E-state index >= 15 is 0 Å². The van der Waals surface area contributed by atoms with Crippen LogP contribution in [0, 0.1) is 11.6 Å². The van der Waals surface area contributed by atoms with E-state index in [1.165, 1.54) is 0 Å². The van der Waals surface area contributed by atoms with Crippen molar-refractivity contribution in [2.75, 3.05) is 7.11 Å². The molecular formula is C9H8F5NO. The molecule has 0 spiro atoms. The normalized spacial score (nSPS) is 13.7. The molecule has 0 bridgehead atoms. The molecule has 7 heteroatoms. The van der Waals surface area contributed by atoms with Gasteiger partial charge in [0, 0.05) is 11.6 Å². The smallest absolute Gasteiger partial charge is 0.407 e. The van der Waals surface area contributed by atoms with E-state index in [-0.39, 0.29) is 0 Å². The molecule has 0 amide bonds. The van der Waals surface area contributed by atoms with Crippen molar-refractivity contribution in [1.82, 2.24) is 0 Å². The number of hydrogen-bond acceptors (Lipinski definition) is 2. The first-order valence-electron chi connectivity index (χ1n) is 4.12. The second kappa shape index (κ2) is 4.25. The summed E-state index contributed by atoms with van der Waals surface area (Å²) in [6.45, 7) is 0. The van der Waals surface area contributed by atoms with Crippen molar-refractivity contribution in [3.05, 3.63) is 29.3 Å². The van der Waals surface area contributed by atoms with E-state index in [9.17, 15) is 22.0 Å². The molecule has 0 radical (unpaired) electrons. The molecule has 0 aliphatic heterocycles. The molecule has 0 unspecified atom stereocenters. The molecular weight excluding hydrogens is 233 g/mol. The number of methoxy groups -OCH3 is 1. The number of rotatable bonds is 2. The van der Waals surface area contributed by atoms with Gasteiger partial charge in [0.1, 0.15) is 11.8 Å². The van der Waals surface area contributed by atoms with Gasteiger partial charge < -0.3 is 10.5 Å². The van der Waals surface area contributed by atoms with Gasteiger partial charge in [-0.25, -0.2) is 8.78 Å². The van der Waals surface area contributed by atoms with Gasteiger partial charge in [0.15, 0.2) is 11.6 Å². The first-order chi connectivity index (χ1) is 7.27. The predicted molar refractivity (Wildman–Crippen MR) is 45.9 cm³/mol. The molecule has 0 aliphatic carbocycles. The van der Waals surface area contributed by atoms with Crippen LogP contribution in [0.3, 0.4) is 0 Å². The van der Waals surface area contributed by atoms with Gasteiger partial charge in [-0.2, -0.15) is 13.2 Å². The number of alkyl halides is 3. The highest BCUT2D eigenvalue weighted by molar-refractivity contribution is 5.37. The Morgan fingerprint density at radius 3 is 2.12 bits per heavy atom. The molecule has 0 aromatic heterocycles. The Labute approximate surface area is 87.8 Å². The minimum atomic E-state index is -4.75. The molecule has 2 N–H and O–H groups in total. The summed E-state index contributed by atoms with van der Waals surface area (Å²) in [7, 11) is 1.04. The highest BCUT2D eigenvalue weighted by Gasteiger charge is 2.39. The lowest BCUT2D eigenvalue weighted by Gasteiger charge is -2.18. The van der Waals surface area contributed by atoms with Crippen LogP contribution in [0.2, 0.25) is 0 Å². The Morgan fingerprint density at radius 2 is 1.69 bits per heavy atom. The van der Waals surface area contributed by atoms with Gasteiger partial charge in [-0.3, -0.25) is 0 Å². The van der Waals surface area contributed by atoms with Gasteiger partial charge in [-0.1, -0.05) is 0 Å². The first-order valence-corrected chi connectivity index (χ1v) is 4.12. The van der Waals surface area contributed by atoms with Crippen molar-refractivity contribution in [1.29, 1.82) is 0 Å². The summed E-state index contributed by atoms with van der Waals surface area (Å²) in [6, 6.07) is -1.51. The monoisotopic (exact) mass is 241 g/mol. The van der Waals surface area contributed by atoms with E-state index in [1.807, 2.05) is 0 Å². The van der Waals surface area contributed by atoms with Crippen LogP contribution < -0.4 is 10.5 Å². The molecule has 16 heavy (non-hydrogen) atoms. The van der Waals surface area contributed by atoms with Crippen LogP contribution >= 0.6 is 0 Å². The van der Waals surface area contributed by atoms with E-state index in [0.29, 0.717) is 12.1 Å². The summed E-state index contributed by atoms with van der Waals surface area (Å²) in [5, 5.41) is 0. The standard InChI is InChI=1S/C9H8F5NO/c1-16-7-3-6(11)5(10)2-4(7)8(15)9(12,13)14/h2-3,8H,15H2,1H3/t8-/m1/s1. The predicted octanol–water partition coefficient (Wildman–Crippen LogP) is 2.54.